The van der Waals surface area contributed by atoms with Gasteiger partial charge in [0.25, 0.3) is 0 Å². The third-order valence-electron chi connectivity index (χ3n) is 4.42. The Balaban J connectivity index is 1.60. The number of carbonyl (C=O) groups is 1. The lowest BCUT2D eigenvalue weighted by atomic mass is 10.1. The van der Waals surface area contributed by atoms with Gasteiger partial charge in [-0.15, -0.1) is 0 Å². The number of carbonyl (C=O) groups excluding carboxylic acids is 1. The Bertz CT molecular complexity index is 614. The number of H-pyrrole nitrogens is 1. The Kier molecular flexibility index (Phi) is 4.25. The summed E-state index contributed by atoms with van der Waals surface area (Å²) in [5, 5.41) is 1.22. The van der Waals surface area contributed by atoms with Gasteiger partial charge in [-0.1, -0.05) is 18.2 Å². The third kappa shape index (κ3) is 3.10. The first kappa shape index (κ1) is 14.1. The minimum atomic E-state index is 0.229. The highest BCUT2D eigenvalue weighted by Gasteiger charge is 2.22. The SMILES string of the molecule is CN(C(=O)CCc1c[nH]c2ccccc12)C1CCOCC1. The molecule has 4 nitrogen and oxygen atoms in total. The lowest BCUT2D eigenvalue weighted by Gasteiger charge is -2.31. The summed E-state index contributed by atoms with van der Waals surface area (Å²) >= 11 is 0. The van der Waals surface area contributed by atoms with E-state index in [4.69, 9.17) is 4.74 Å². The molecule has 0 bridgehead atoms. The fraction of sp³-hybridized carbons (Fsp3) is 0.471. The second-order valence-electron chi connectivity index (χ2n) is 5.71. The molecule has 0 spiro atoms. The average molecular weight is 286 g/mol. The number of rotatable bonds is 4. The van der Waals surface area contributed by atoms with Crippen LogP contribution in [0.3, 0.4) is 0 Å². The lowest BCUT2D eigenvalue weighted by molar-refractivity contribution is -0.133. The van der Waals surface area contributed by atoms with Crippen LogP contribution in [0.25, 0.3) is 10.9 Å². The van der Waals surface area contributed by atoms with E-state index >= 15 is 0 Å². The quantitative estimate of drug-likeness (QED) is 0.939. The molecule has 2 heterocycles. The van der Waals surface area contributed by atoms with Crippen molar-refractivity contribution in [1.82, 2.24) is 9.88 Å². The highest BCUT2D eigenvalue weighted by molar-refractivity contribution is 5.84. The molecule has 2 aromatic rings. The Morgan fingerprint density at radius 1 is 1.33 bits per heavy atom. The molecule has 1 saturated heterocycles. The standard InChI is InChI=1S/C17H22N2O2/c1-19(14-8-10-21-11-9-14)17(20)7-6-13-12-18-16-5-3-2-4-15(13)16/h2-5,12,14,18H,6-11H2,1H3. The largest absolute Gasteiger partial charge is 0.381 e. The van der Waals surface area contributed by atoms with Gasteiger partial charge < -0.3 is 14.6 Å². The number of nitrogens with zero attached hydrogens (tertiary/aromatic N) is 1. The number of para-hydroxylation sites is 1. The van der Waals surface area contributed by atoms with Gasteiger partial charge in [-0.3, -0.25) is 4.79 Å². The maximum atomic E-state index is 12.3. The zero-order chi connectivity index (χ0) is 14.7. The molecule has 0 radical (unpaired) electrons. The average Bonchev–Trinajstić information content (AvgIpc) is 2.96. The van der Waals surface area contributed by atoms with Gasteiger partial charge in [-0.05, 0) is 30.9 Å². The molecule has 1 aliphatic rings. The van der Waals surface area contributed by atoms with Crippen LogP contribution in [0.2, 0.25) is 0 Å². The highest BCUT2D eigenvalue weighted by Crippen LogP contribution is 2.20. The van der Waals surface area contributed by atoms with Gasteiger partial charge in [0.1, 0.15) is 0 Å². The van der Waals surface area contributed by atoms with Crippen molar-refractivity contribution < 1.29 is 9.53 Å². The van der Waals surface area contributed by atoms with E-state index in [9.17, 15) is 4.79 Å². The number of hydrogen-bond donors (Lipinski definition) is 1. The molecule has 21 heavy (non-hydrogen) atoms. The van der Waals surface area contributed by atoms with Crippen LogP contribution >= 0.6 is 0 Å². The molecule has 0 atom stereocenters. The van der Waals surface area contributed by atoms with Crippen LogP contribution in [0.5, 0.6) is 0 Å². The zero-order valence-electron chi connectivity index (χ0n) is 12.5. The van der Waals surface area contributed by atoms with Crippen LogP contribution in [-0.4, -0.2) is 42.1 Å². The summed E-state index contributed by atoms with van der Waals surface area (Å²) in [7, 11) is 1.92. The van der Waals surface area contributed by atoms with E-state index in [0.717, 1.165) is 38.0 Å². The molecule has 4 heteroatoms. The molecule has 1 aromatic carbocycles. The van der Waals surface area contributed by atoms with Crippen molar-refractivity contribution in [3.05, 3.63) is 36.0 Å². The maximum absolute atomic E-state index is 12.3. The van der Waals surface area contributed by atoms with Crippen molar-refractivity contribution in [2.75, 3.05) is 20.3 Å². The van der Waals surface area contributed by atoms with E-state index in [0.29, 0.717) is 12.5 Å². The first-order chi connectivity index (χ1) is 10.3. The van der Waals surface area contributed by atoms with Gasteiger partial charge in [-0.25, -0.2) is 0 Å². The predicted molar refractivity (Wildman–Crippen MR) is 83.2 cm³/mol. The predicted octanol–water partition coefficient (Wildman–Crippen LogP) is 2.74. The minimum Gasteiger partial charge on any atom is -0.381 e. The number of fused-ring (bicyclic) bond motifs is 1. The molecule has 1 N–H and O–H groups in total. The highest BCUT2D eigenvalue weighted by atomic mass is 16.5. The number of aromatic nitrogens is 1. The van der Waals surface area contributed by atoms with Crippen molar-refractivity contribution in [1.29, 1.82) is 0 Å². The van der Waals surface area contributed by atoms with E-state index in [2.05, 4.69) is 17.1 Å². The zero-order valence-corrected chi connectivity index (χ0v) is 12.5. The Morgan fingerprint density at radius 2 is 2.10 bits per heavy atom. The molecule has 0 aliphatic carbocycles. The number of aromatic amines is 1. The number of ether oxygens (including phenoxy) is 1. The number of aryl methyl sites for hydroxylation is 1. The van der Waals surface area contributed by atoms with Gasteiger partial charge in [0.15, 0.2) is 0 Å². The summed E-state index contributed by atoms with van der Waals surface area (Å²) < 4.78 is 5.35. The maximum Gasteiger partial charge on any atom is 0.222 e. The second-order valence-corrected chi connectivity index (χ2v) is 5.71. The summed E-state index contributed by atoms with van der Waals surface area (Å²) in [5.74, 6) is 0.229. The molecule has 1 amide bonds. The molecular formula is C17H22N2O2. The molecular weight excluding hydrogens is 264 g/mol. The number of amides is 1. The van der Waals surface area contributed by atoms with Gasteiger partial charge in [0.05, 0.1) is 0 Å². The van der Waals surface area contributed by atoms with E-state index in [-0.39, 0.29) is 5.91 Å². The first-order valence-electron chi connectivity index (χ1n) is 7.64. The molecule has 0 saturated carbocycles. The van der Waals surface area contributed by atoms with Crippen molar-refractivity contribution in [3.63, 3.8) is 0 Å². The van der Waals surface area contributed by atoms with E-state index in [1.165, 1.54) is 10.9 Å². The summed E-state index contributed by atoms with van der Waals surface area (Å²) in [5.41, 5.74) is 2.36. The smallest absolute Gasteiger partial charge is 0.222 e. The van der Waals surface area contributed by atoms with Gasteiger partial charge in [-0.2, -0.15) is 0 Å². The topological polar surface area (TPSA) is 45.3 Å². The number of hydrogen-bond acceptors (Lipinski definition) is 2. The third-order valence-corrected chi connectivity index (χ3v) is 4.42. The summed E-state index contributed by atoms with van der Waals surface area (Å²) in [6.45, 7) is 1.54. The summed E-state index contributed by atoms with van der Waals surface area (Å²) in [4.78, 5) is 17.5. The van der Waals surface area contributed by atoms with E-state index in [1.54, 1.807) is 0 Å². The Labute approximate surface area is 125 Å². The summed E-state index contributed by atoms with van der Waals surface area (Å²) in [6.07, 6.45) is 5.28. The second kappa shape index (κ2) is 6.31. The molecule has 1 fully saturated rings. The van der Waals surface area contributed by atoms with Gasteiger partial charge in [0.2, 0.25) is 5.91 Å². The lowest BCUT2D eigenvalue weighted by Crippen LogP contribution is -2.40. The van der Waals surface area contributed by atoms with Crippen LogP contribution in [0.1, 0.15) is 24.8 Å². The first-order valence-corrected chi connectivity index (χ1v) is 7.64. The van der Waals surface area contributed by atoms with Crippen LogP contribution in [-0.2, 0) is 16.0 Å². The van der Waals surface area contributed by atoms with Crippen molar-refractivity contribution in [3.8, 4) is 0 Å². The molecule has 0 unspecified atom stereocenters. The molecule has 3 rings (SSSR count). The van der Waals surface area contributed by atoms with Crippen LogP contribution < -0.4 is 0 Å². The Morgan fingerprint density at radius 3 is 2.90 bits per heavy atom. The van der Waals surface area contributed by atoms with Gasteiger partial charge >= 0.3 is 0 Å². The fourth-order valence-corrected chi connectivity index (χ4v) is 3.03. The fourth-order valence-electron chi connectivity index (χ4n) is 3.03. The van der Waals surface area contributed by atoms with E-state index < -0.39 is 0 Å². The number of benzene rings is 1. The van der Waals surface area contributed by atoms with Crippen molar-refractivity contribution in [2.24, 2.45) is 0 Å². The molecule has 112 valence electrons. The monoisotopic (exact) mass is 286 g/mol. The molecule has 1 aliphatic heterocycles. The molecule has 1 aromatic heterocycles. The number of nitrogens with one attached hydrogen (secondary N) is 1. The van der Waals surface area contributed by atoms with Gasteiger partial charge in [0, 0.05) is 49.8 Å². The summed E-state index contributed by atoms with van der Waals surface area (Å²) in [6, 6.07) is 8.57. The van der Waals surface area contributed by atoms with Crippen molar-refractivity contribution in [2.45, 2.75) is 31.7 Å². The van der Waals surface area contributed by atoms with Crippen LogP contribution in [0.15, 0.2) is 30.5 Å². The Hall–Kier alpha value is -1.81. The normalized spacial score (nSPS) is 16.2. The van der Waals surface area contributed by atoms with E-state index in [1.807, 2.05) is 30.3 Å². The van der Waals surface area contributed by atoms with Crippen LogP contribution in [0.4, 0.5) is 0 Å². The van der Waals surface area contributed by atoms with Crippen LogP contribution in [0, 0.1) is 0 Å². The minimum absolute atomic E-state index is 0.229. The van der Waals surface area contributed by atoms with Crippen molar-refractivity contribution >= 4 is 16.8 Å².